The summed E-state index contributed by atoms with van der Waals surface area (Å²) in [6.45, 7) is 0.463. The highest BCUT2D eigenvalue weighted by atomic mass is 35.5. The van der Waals surface area contributed by atoms with E-state index in [1.807, 2.05) is 30.3 Å². The fourth-order valence-corrected chi connectivity index (χ4v) is 1.71. The van der Waals surface area contributed by atoms with Gasteiger partial charge in [-0.2, -0.15) is 0 Å². The van der Waals surface area contributed by atoms with Gasteiger partial charge in [0.05, 0.1) is 12.2 Å². The van der Waals surface area contributed by atoms with Gasteiger partial charge in [-0.25, -0.2) is 9.97 Å². The number of nitrogens with one attached hydrogen (secondary N) is 1. The SMILES string of the molecule is NCC(Nc1ncncc1Cl)c1ccccc1. The molecule has 1 heterocycles. The van der Waals surface area contributed by atoms with Crippen molar-refractivity contribution < 1.29 is 0 Å². The molecule has 3 N–H and O–H groups in total. The molecule has 1 atom stereocenters. The molecule has 17 heavy (non-hydrogen) atoms. The standard InChI is InChI=1S/C12H13ClN4/c13-10-7-15-8-16-12(10)17-11(6-14)9-4-2-1-3-5-9/h1-5,7-8,11H,6,14H2,(H,15,16,17). The first-order chi connectivity index (χ1) is 8.31. The molecule has 4 nitrogen and oxygen atoms in total. The maximum absolute atomic E-state index is 5.98. The molecule has 2 rings (SSSR count). The lowest BCUT2D eigenvalue weighted by Crippen LogP contribution is -2.21. The lowest BCUT2D eigenvalue weighted by atomic mass is 10.1. The maximum atomic E-state index is 5.98. The van der Waals surface area contributed by atoms with Crippen molar-refractivity contribution in [3.63, 3.8) is 0 Å². The number of hydrogen-bond donors (Lipinski definition) is 2. The fourth-order valence-electron chi connectivity index (χ4n) is 1.55. The Morgan fingerprint density at radius 2 is 2.06 bits per heavy atom. The molecule has 2 aromatic rings. The van der Waals surface area contributed by atoms with E-state index in [4.69, 9.17) is 17.3 Å². The predicted octanol–water partition coefficient (Wildman–Crippen LogP) is 2.24. The van der Waals surface area contributed by atoms with Crippen LogP contribution in [-0.4, -0.2) is 16.5 Å². The zero-order chi connectivity index (χ0) is 12.1. The Balaban J connectivity index is 2.19. The number of rotatable bonds is 4. The molecular formula is C12H13ClN4. The van der Waals surface area contributed by atoms with Crippen molar-refractivity contribution in [1.82, 2.24) is 9.97 Å². The molecule has 0 spiro atoms. The van der Waals surface area contributed by atoms with Crippen LogP contribution in [0.5, 0.6) is 0 Å². The van der Waals surface area contributed by atoms with Crippen LogP contribution in [0.15, 0.2) is 42.9 Å². The summed E-state index contributed by atoms with van der Waals surface area (Å²) in [6.07, 6.45) is 3.00. The lowest BCUT2D eigenvalue weighted by molar-refractivity contribution is 0.783. The Morgan fingerprint density at radius 1 is 1.29 bits per heavy atom. The van der Waals surface area contributed by atoms with E-state index in [0.717, 1.165) is 5.56 Å². The Bertz CT molecular complexity index is 475. The van der Waals surface area contributed by atoms with Crippen LogP contribution in [0.25, 0.3) is 0 Å². The van der Waals surface area contributed by atoms with Gasteiger partial charge in [0, 0.05) is 6.54 Å². The number of benzene rings is 1. The molecule has 0 saturated heterocycles. The maximum Gasteiger partial charge on any atom is 0.148 e. The monoisotopic (exact) mass is 248 g/mol. The highest BCUT2D eigenvalue weighted by Gasteiger charge is 2.11. The van der Waals surface area contributed by atoms with Gasteiger partial charge in [-0.3, -0.25) is 0 Å². The van der Waals surface area contributed by atoms with Gasteiger partial charge in [-0.05, 0) is 5.56 Å². The number of aromatic nitrogens is 2. The fraction of sp³-hybridized carbons (Fsp3) is 0.167. The Morgan fingerprint density at radius 3 is 2.71 bits per heavy atom. The second-order valence-corrected chi connectivity index (χ2v) is 3.97. The summed E-state index contributed by atoms with van der Waals surface area (Å²) < 4.78 is 0. The number of nitrogens with two attached hydrogens (primary N) is 1. The van der Waals surface area contributed by atoms with Crippen molar-refractivity contribution in [2.75, 3.05) is 11.9 Å². The molecule has 5 heteroatoms. The molecule has 1 aromatic carbocycles. The van der Waals surface area contributed by atoms with Gasteiger partial charge < -0.3 is 11.1 Å². The average molecular weight is 249 g/mol. The number of anilines is 1. The molecule has 0 saturated carbocycles. The summed E-state index contributed by atoms with van der Waals surface area (Å²) >= 11 is 5.98. The van der Waals surface area contributed by atoms with E-state index in [9.17, 15) is 0 Å². The molecule has 0 fully saturated rings. The topological polar surface area (TPSA) is 63.8 Å². The van der Waals surface area contributed by atoms with Crippen LogP contribution >= 0.6 is 11.6 Å². The van der Waals surface area contributed by atoms with Gasteiger partial charge >= 0.3 is 0 Å². The van der Waals surface area contributed by atoms with Crippen molar-refractivity contribution >= 4 is 17.4 Å². The van der Waals surface area contributed by atoms with Crippen LogP contribution < -0.4 is 11.1 Å². The molecule has 0 bridgehead atoms. The van der Waals surface area contributed by atoms with Gasteiger partial charge in [0.2, 0.25) is 0 Å². The highest BCUT2D eigenvalue weighted by Crippen LogP contribution is 2.22. The molecule has 0 amide bonds. The zero-order valence-corrected chi connectivity index (χ0v) is 9.93. The van der Waals surface area contributed by atoms with Crippen LogP contribution in [0.4, 0.5) is 5.82 Å². The predicted molar refractivity (Wildman–Crippen MR) is 68.9 cm³/mol. The molecule has 0 radical (unpaired) electrons. The largest absolute Gasteiger partial charge is 0.361 e. The molecule has 0 aliphatic carbocycles. The van der Waals surface area contributed by atoms with Gasteiger partial charge in [-0.1, -0.05) is 41.9 Å². The van der Waals surface area contributed by atoms with E-state index in [2.05, 4.69) is 15.3 Å². The molecule has 0 aliphatic heterocycles. The third-order valence-corrected chi connectivity index (χ3v) is 2.69. The van der Waals surface area contributed by atoms with Crippen molar-refractivity contribution in [2.45, 2.75) is 6.04 Å². The summed E-state index contributed by atoms with van der Waals surface area (Å²) in [5, 5.41) is 3.69. The zero-order valence-electron chi connectivity index (χ0n) is 9.18. The second-order valence-electron chi connectivity index (χ2n) is 3.56. The van der Waals surface area contributed by atoms with Crippen molar-refractivity contribution in [3.8, 4) is 0 Å². The molecular weight excluding hydrogens is 236 g/mol. The lowest BCUT2D eigenvalue weighted by Gasteiger charge is -2.18. The Labute approximate surface area is 105 Å². The van der Waals surface area contributed by atoms with Crippen molar-refractivity contribution in [2.24, 2.45) is 5.73 Å². The smallest absolute Gasteiger partial charge is 0.148 e. The average Bonchev–Trinajstić information content (AvgIpc) is 2.39. The van der Waals surface area contributed by atoms with E-state index in [-0.39, 0.29) is 6.04 Å². The van der Waals surface area contributed by atoms with Crippen LogP contribution in [0.3, 0.4) is 0 Å². The second kappa shape index (κ2) is 5.61. The van der Waals surface area contributed by atoms with Crippen molar-refractivity contribution in [1.29, 1.82) is 0 Å². The summed E-state index contributed by atoms with van der Waals surface area (Å²) in [4.78, 5) is 7.92. The van der Waals surface area contributed by atoms with Gasteiger partial charge in [0.25, 0.3) is 0 Å². The van der Waals surface area contributed by atoms with Gasteiger partial charge in [-0.15, -0.1) is 0 Å². The summed E-state index contributed by atoms with van der Waals surface area (Å²) in [6, 6.07) is 9.93. The molecule has 1 aromatic heterocycles. The molecule has 0 aliphatic rings. The Kier molecular flexibility index (Phi) is 3.90. The van der Waals surface area contributed by atoms with E-state index in [1.165, 1.54) is 6.33 Å². The third-order valence-electron chi connectivity index (χ3n) is 2.42. The number of hydrogen-bond acceptors (Lipinski definition) is 4. The first-order valence-electron chi connectivity index (χ1n) is 5.28. The van der Waals surface area contributed by atoms with Crippen molar-refractivity contribution in [3.05, 3.63) is 53.4 Å². The first-order valence-corrected chi connectivity index (χ1v) is 5.66. The third kappa shape index (κ3) is 2.93. The van der Waals surface area contributed by atoms with E-state index < -0.39 is 0 Å². The molecule has 88 valence electrons. The van der Waals surface area contributed by atoms with Crippen LogP contribution in [0.1, 0.15) is 11.6 Å². The van der Waals surface area contributed by atoms with Crippen LogP contribution in [0.2, 0.25) is 5.02 Å². The van der Waals surface area contributed by atoms with E-state index in [0.29, 0.717) is 17.4 Å². The molecule has 1 unspecified atom stereocenters. The summed E-state index contributed by atoms with van der Waals surface area (Å²) in [5.41, 5.74) is 6.86. The van der Waals surface area contributed by atoms with Crippen LogP contribution in [0, 0.1) is 0 Å². The minimum absolute atomic E-state index is 0.0106. The van der Waals surface area contributed by atoms with E-state index >= 15 is 0 Å². The number of halogens is 1. The van der Waals surface area contributed by atoms with Gasteiger partial charge in [0.15, 0.2) is 0 Å². The highest BCUT2D eigenvalue weighted by molar-refractivity contribution is 6.32. The number of nitrogens with zero attached hydrogens (tertiary/aromatic N) is 2. The van der Waals surface area contributed by atoms with Crippen LogP contribution in [-0.2, 0) is 0 Å². The van der Waals surface area contributed by atoms with Gasteiger partial charge in [0.1, 0.15) is 17.2 Å². The minimum atomic E-state index is -0.0106. The minimum Gasteiger partial charge on any atom is -0.361 e. The quantitative estimate of drug-likeness (QED) is 0.871. The summed E-state index contributed by atoms with van der Waals surface area (Å²) in [7, 11) is 0. The first kappa shape index (κ1) is 11.8. The Hall–Kier alpha value is -1.65. The normalized spacial score (nSPS) is 12.1. The summed E-state index contributed by atoms with van der Waals surface area (Å²) in [5.74, 6) is 0.598. The van der Waals surface area contributed by atoms with E-state index in [1.54, 1.807) is 6.20 Å².